The molecule has 15 heteroatoms. The number of carbonyl (C=O) groups is 6. The minimum Gasteiger partial charge on any atom is -0.480 e. The van der Waals surface area contributed by atoms with Crippen molar-refractivity contribution < 1.29 is 33.9 Å². The van der Waals surface area contributed by atoms with E-state index in [9.17, 15) is 28.8 Å². The molecule has 0 spiro atoms. The van der Waals surface area contributed by atoms with Gasteiger partial charge in [0, 0.05) is 52.2 Å². The summed E-state index contributed by atoms with van der Waals surface area (Å²) in [5.41, 5.74) is 15.8. The van der Waals surface area contributed by atoms with Gasteiger partial charge in [-0.2, -0.15) is 0 Å². The molecule has 0 unspecified atom stereocenters. The quantitative estimate of drug-likeness (QED) is 0.0530. The molecule has 86 heavy (non-hydrogen) atoms. The molecule has 11 nitrogen and oxygen atoms in total. The fraction of sp³-hybridized carbons (Fsp3) is 0.408. The van der Waals surface area contributed by atoms with Crippen molar-refractivity contribution in [1.29, 1.82) is 0 Å². The largest absolute Gasteiger partial charge is 0.480 e. The van der Waals surface area contributed by atoms with Crippen molar-refractivity contribution >= 4 is 82.5 Å². The normalized spacial score (nSPS) is 19.4. The Morgan fingerprint density at radius 1 is 0.453 bits per heavy atom. The van der Waals surface area contributed by atoms with Crippen LogP contribution in [0.1, 0.15) is 159 Å². The number of ketones is 2. The number of carboxylic acids is 1. The summed E-state index contributed by atoms with van der Waals surface area (Å²) < 4.78 is 0. The van der Waals surface area contributed by atoms with E-state index in [1.54, 1.807) is 13.8 Å². The second-order valence-corrected chi connectivity index (χ2v) is 24.7. The number of nitrogens with one attached hydrogen (secondary N) is 3. The zero-order valence-electron chi connectivity index (χ0n) is 50.5. The van der Waals surface area contributed by atoms with Gasteiger partial charge in [0.15, 0.2) is 11.6 Å². The zero-order valence-corrected chi connectivity index (χ0v) is 53.6. The van der Waals surface area contributed by atoms with Gasteiger partial charge in [0.05, 0.1) is 12.1 Å². The summed E-state index contributed by atoms with van der Waals surface area (Å²) in [5, 5.41) is 19.4. The SMILES string of the molecule is C[C@H](NC(=O)[C@@H]1CC[C@@H](c2ccccc2)C1)C(=O)O.Cc1cc(Cl)cc(CCC(=O)[C@H](C)NC(=O)[C@@H]2CC[C@@H](c3ccccc3)C2)c1.Cc1cc(Cl)cc(CCC(=O)[C@H](C)NC(=O)[C@@H]2CC[C@@H](c3ccccc3)C2)c1.Cc1cc(Cl)cc(CN)c1.Cl. The molecule has 0 bridgehead atoms. The van der Waals surface area contributed by atoms with E-state index in [0.29, 0.717) is 60.0 Å². The number of benzene rings is 6. The van der Waals surface area contributed by atoms with Crippen molar-refractivity contribution in [2.45, 2.75) is 167 Å². The van der Waals surface area contributed by atoms with Gasteiger partial charge in [0.25, 0.3) is 0 Å². The molecule has 3 aliphatic carbocycles. The molecule has 0 radical (unpaired) electrons. The van der Waals surface area contributed by atoms with Crippen LogP contribution in [-0.4, -0.2) is 58.5 Å². The number of amides is 3. The van der Waals surface area contributed by atoms with E-state index in [4.69, 9.17) is 45.6 Å². The summed E-state index contributed by atoms with van der Waals surface area (Å²) >= 11 is 17.9. The van der Waals surface area contributed by atoms with Crippen LogP contribution in [0.5, 0.6) is 0 Å². The minimum absolute atomic E-state index is 0. The molecule has 3 fully saturated rings. The van der Waals surface area contributed by atoms with Gasteiger partial charge in [0.1, 0.15) is 6.04 Å². The Labute approximate surface area is 530 Å². The molecule has 9 atom stereocenters. The molecule has 460 valence electrons. The van der Waals surface area contributed by atoms with Crippen LogP contribution in [0.4, 0.5) is 0 Å². The molecule has 3 amide bonds. The summed E-state index contributed by atoms with van der Waals surface area (Å²) in [4.78, 5) is 72.9. The van der Waals surface area contributed by atoms with Crippen molar-refractivity contribution in [1.82, 2.24) is 16.0 Å². The van der Waals surface area contributed by atoms with E-state index in [2.05, 4.69) is 52.3 Å². The molecule has 3 aliphatic rings. The first-order chi connectivity index (χ1) is 40.6. The van der Waals surface area contributed by atoms with Crippen LogP contribution in [0.25, 0.3) is 0 Å². The fourth-order valence-corrected chi connectivity index (χ4v) is 12.7. The van der Waals surface area contributed by atoms with E-state index in [1.807, 2.05) is 130 Å². The predicted octanol–water partition coefficient (Wildman–Crippen LogP) is 15.2. The first-order valence-corrected chi connectivity index (χ1v) is 31.1. The minimum atomic E-state index is -0.994. The number of carboxylic acid groups (broad SMARTS) is 1. The monoisotopic (exact) mass is 1250 g/mol. The van der Waals surface area contributed by atoms with E-state index in [0.717, 1.165) is 96.2 Å². The Morgan fingerprint density at radius 3 is 1.03 bits per heavy atom. The Hall–Kier alpha value is -6.34. The lowest BCUT2D eigenvalue weighted by atomic mass is 9.96. The van der Waals surface area contributed by atoms with Crippen LogP contribution < -0.4 is 21.7 Å². The maximum Gasteiger partial charge on any atom is 0.325 e. The number of rotatable bonds is 19. The highest BCUT2D eigenvalue weighted by molar-refractivity contribution is 6.31. The topological polar surface area (TPSA) is 185 Å². The van der Waals surface area contributed by atoms with Gasteiger partial charge in [-0.25, -0.2) is 0 Å². The molecule has 0 aliphatic heterocycles. The molecule has 3 saturated carbocycles. The summed E-state index contributed by atoms with van der Waals surface area (Å²) in [6.45, 7) is 11.6. The Balaban J connectivity index is 0.000000220. The third-order valence-corrected chi connectivity index (χ3v) is 17.2. The zero-order chi connectivity index (χ0) is 61.6. The highest BCUT2D eigenvalue weighted by Gasteiger charge is 2.34. The molecule has 6 aromatic carbocycles. The van der Waals surface area contributed by atoms with Crippen LogP contribution in [0, 0.1) is 38.5 Å². The Morgan fingerprint density at radius 2 is 0.744 bits per heavy atom. The average Bonchev–Trinajstić information content (AvgIpc) is 3.99. The lowest BCUT2D eigenvalue weighted by molar-refractivity contribution is -0.141. The molecular formula is C71H86Cl4N4O7. The molecule has 0 aromatic heterocycles. The second kappa shape index (κ2) is 35.5. The van der Waals surface area contributed by atoms with E-state index in [1.165, 1.54) is 23.6 Å². The molecule has 6 N–H and O–H groups in total. The maximum atomic E-state index is 12.6. The number of aryl methyl sites for hydroxylation is 5. The fourth-order valence-electron chi connectivity index (χ4n) is 11.8. The van der Waals surface area contributed by atoms with Gasteiger partial charge in [-0.1, -0.05) is 144 Å². The van der Waals surface area contributed by atoms with Crippen LogP contribution in [0.2, 0.25) is 15.1 Å². The van der Waals surface area contributed by atoms with Crippen molar-refractivity contribution in [2.75, 3.05) is 0 Å². The van der Waals surface area contributed by atoms with Crippen LogP contribution in [-0.2, 0) is 48.2 Å². The highest BCUT2D eigenvalue weighted by Crippen LogP contribution is 2.40. The first kappa shape index (κ1) is 70.4. The summed E-state index contributed by atoms with van der Waals surface area (Å²) in [7, 11) is 0. The third kappa shape index (κ3) is 23.1. The van der Waals surface area contributed by atoms with Gasteiger partial charge in [-0.15, -0.1) is 12.4 Å². The number of halogens is 4. The Bertz CT molecular complexity index is 2960. The Kier molecular flexibility index (Phi) is 29.0. The standard InChI is InChI=1S/2C24H28ClNO2.C15H19NO3.C8H10ClN.ClH/c2*1-16-12-18(14-22(25)13-16)8-11-23(27)17(2)26-24(28)21-10-9-20(15-21)19-6-4-3-5-7-19;1-10(15(18)19)16-14(17)13-8-7-12(9-13)11-5-3-2-4-6-11;1-6-2-7(5-10)4-8(9)3-6;/h2*3-7,12-14,17,20-21H,8-11,15H2,1-2H3,(H,26,28);2-6,10,12-13H,7-9H2,1H3,(H,16,17)(H,18,19);2-4H,5,10H2,1H3;1H/t2*17-,20+,21+;10-,12+,13+;;/m000../s1. The number of nitrogens with two attached hydrogens (primary N) is 1. The second-order valence-electron chi connectivity index (χ2n) is 23.4. The van der Waals surface area contributed by atoms with Crippen LogP contribution in [0.3, 0.4) is 0 Å². The number of carbonyl (C=O) groups excluding carboxylic acids is 5. The van der Waals surface area contributed by atoms with Crippen molar-refractivity contribution in [3.05, 3.63) is 211 Å². The van der Waals surface area contributed by atoms with Crippen LogP contribution >= 0.6 is 47.2 Å². The number of hydrogen-bond acceptors (Lipinski definition) is 7. The van der Waals surface area contributed by atoms with Gasteiger partial charge >= 0.3 is 5.97 Å². The lowest BCUT2D eigenvalue weighted by Gasteiger charge is -2.17. The van der Waals surface area contributed by atoms with Gasteiger partial charge in [-0.3, -0.25) is 28.8 Å². The van der Waals surface area contributed by atoms with E-state index < -0.39 is 24.1 Å². The number of Topliss-reactive ketones (excluding diaryl/α,β-unsaturated/α-hetero) is 2. The van der Waals surface area contributed by atoms with Gasteiger partial charge < -0.3 is 26.8 Å². The lowest BCUT2D eigenvalue weighted by Crippen LogP contribution is -2.41. The summed E-state index contributed by atoms with van der Waals surface area (Å²) in [6.07, 6.45) is 10.2. The van der Waals surface area contributed by atoms with Crippen molar-refractivity contribution in [3.63, 3.8) is 0 Å². The smallest absolute Gasteiger partial charge is 0.325 e. The molecule has 9 rings (SSSR count). The maximum absolute atomic E-state index is 12.6. The molecule has 6 aromatic rings. The average molecular weight is 1250 g/mol. The number of hydrogen-bond donors (Lipinski definition) is 5. The third-order valence-electron chi connectivity index (χ3n) is 16.5. The number of aliphatic carboxylic acids is 1. The van der Waals surface area contributed by atoms with Gasteiger partial charge in [-0.05, 0) is 216 Å². The first-order valence-electron chi connectivity index (χ1n) is 30.0. The van der Waals surface area contributed by atoms with E-state index >= 15 is 0 Å². The van der Waals surface area contributed by atoms with Gasteiger partial charge in [0.2, 0.25) is 17.7 Å². The predicted molar refractivity (Wildman–Crippen MR) is 350 cm³/mol. The van der Waals surface area contributed by atoms with Crippen LogP contribution in [0.15, 0.2) is 146 Å². The summed E-state index contributed by atoms with van der Waals surface area (Å²) in [5.74, 6) is 0.237. The highest BCUT2D eigenvalue weighted by atomic mass is 35.5. The summed E-state index contributed by atoms with van der Waals surface area (Å²) in [6, 6.07) is 46.7. The molecular weight excluding hydrogens is 1160 g/mol. The molecule has 0 saturated heterocycles. The van der Waals surface area contributed by atoms with Crippen molar-refractivity contribution in [2.24, 2.45) is 23.5 Å². The molecule has 0 heterocycles. The van der Waals surface area contributed by atoms with E-state index in [-0.39, 0.29) is 59.4 Å². The van der Waals surface area contributed by atoms with Crippen molar-refractivity contribution in [3.8, 4) is 0 Å².